The first-order valence-electron chi connectivity index (χ1n) is 9.34. The summed E-state index contributed by atoms with van der Waals surface area (Å²) in [6, 6.07) is 14.3. The summed E-state index contributed by atoms with van der Waals surface area (Å²) in [5.41, 5.74) is 0. The topological polar surface area (TPSA) is 35.9 Å². The molecule has 25 heavy (non-hydrogen) atoms. The molecule has 3 rings (SSSR count). The average molecular weight is 342 g/mol. The van der Waals surface area contributed by atoms with Crippen molar-refractivity contribution in [3.8, 4) is 5.75 Å². The van der Waals surface area contributed by atoms with Crippen LogP contribution in [0.4, 0.5) is 0 Å². The van der Waals surface area contributed by atoms with Gasteiger partial charge in [-0.3, -0.25) is 0 Å². The Morgan fingerprint density at radius 2 is 2.04 bits per heavy atom. The van der Waals surface area contributed by atoms with E-state index in [9.17, 15) is 5.11 Å². The lowest BCUT2D eigenvalue weighted by Gasteiger charge is -2.22. The third-order valence-electron chi connectivity index (χ3n) is 5.11. The Morgan fingerprint density at radius 3 is 2.84 bits per heavy atom. The Kier molecular flexibility index (Phi) is 6.29. The predicted octanol–water partition coefficient (Wildman–Crippen LogP) is 2.85. The molecule has 4 heteroatoms. The quantitative estimate of drug-likeness (QED) is 0.800. The van der Waals surface area contributed by atoms with E-state index >= 15 is 0 Å². The van der Waals surface area contributed by atoms with Crippen LogP contribution in [0, 0.1) is 5.92 Å². The molecular formula is C21H30N2O2. The lowest BCUT2D eigenvalue weighted by atomic mass is 10.1. The Morgan fingerprint density at radius 1 is 1.24 bits per heavy atom. The molecule has 0 bridgehead atoms. The van der Waals surface area contributed by atoms with E-state index in [-0.39, 0.29) is 0 Å². The number of benzene rings is 2. The molecule has 0 aliphatic carbocycles. The highest BCUT2D eigenvalue weighted by molar-refractivity contribution is 5.83. The van der Waals surface area contributed by atoms with Gasteiger partial charge in [0.25, 0.3) is 0 Å². The van der Waals surface area contributed by atoms with Gasteiger partial charge in [0.1, 0.15) is 18.5 Å². The fourth-order valence-corrected chi connectivity index (χ4v) is 3.60. The van der Waals surface area contributed by atoms with Gasteiger partial charge in [-0.15, -0.1) is 0 Å². The number of rotatable bonds is 8. The van der Waals surface area contributed by atoms with Crippen LogP contribution in [0.2, 0.25) is 0 Å². The Labute approximate surface area is 151 Å². The van der Waals surface area contributed by atoms with Gasteiger partial charge >= 0.3 is 0 Å². The van der Waals surface area contributed by atoms with Crippen molar-refractivity contribution in [3.05, 3.63) is 42.5 Å². The van der Waals surface area contributed by atoms with Gasteiger partial charge in [-0.05, 0) is 55.4 Å². The third kappa shape index (κ3) is 5.18. The largest absolute Gasteiger partial charge is 0.491 e. The molecule has 1 fully saturated rings. The lowest BCUT2D eigenvalue weighted by Crippen LogP contribution is -2.35. The first-order chi connectivity index (χ1) is 12.1. The molecule has 0 aromatic heterocycles. The van der Waals surface area contributed by atoms with Gasteiger partial charge in [-0.25, -0.2) is 0 Å². The Bertz CT molecular complexity index is 676. The normalized spacial score (nSPS) is 19.6. The van der Waals surface area contributed by atoms with Crippen molar-refractivity contribution in [1.29, 1.82) is 0 Å². The minimum atomic E-state index is -0.450. The summed E-state index contributed by atoms with van der Waals surface area (Å²) in [7, 11) is 2.18. The standard InChI is InChI=1S/C21H30N2O2/c1-3-22(2)13-17-10-11-23(14-17)15-20(24)16-25-21-9-8-18-6-4-5-7-19(18)12-21/h4-9,12,17,20,24H,3,10-11,13-16H2,1-2H3. The van der Waals surface area contributed by atoms with Crippen LogP contribution in [0.3, 0.4) is 0 Å². The van der Waals surface area contributed by atoms with Crippen molar-refractivity contribution in [1.82, 2.24) is 9.80 Å². The SMILES string of the molecule is CCN(C)CC1CCN(CC(O)COc2ccc3ccccc3c2)C1. The minimum absolute atomic E-state index is 0.342. The maximum Gasteiger partial charge on any atom is 0.120 e. The number of hydrogen-bond donors (Lipinski definition) is 1. The van der Waals surface area contributed by atoms with Crippen molar-refractivity contribution in [2.75, 3.05) is 46.4 Å². The smallest absolute Gasteiger partial charge is 0.120 e. The average Bonchev–Trinajstić information content (AvgIpc) is 3.06. The van der Waals surface area contributed by atoms with Gasteiger partial charge < -0.3 is 19.6 Å². The van der Waals surface area contributed by atoms with Crippen LogP contribution in [0.1, 0.15) is 13.3 Å². The summed E-state index contributed by atoms with van der Waals surface area (Å²) < 4.78 is 5.81. The molecule has 136 valence electrons. The maximum absolute atomic E-state index is 10.3. The summed E-state index contributed by atoms with van der Waals surface area (Å²) in [4.78, 5) is 4.73. The highest BCUT2D eigenvalue weighted by atomic mass is 16.5. The van der Waals surface area contributed by atoms with E-state index in [1.54, 1.807) is 0 Å². The van der Waals surface area contributed by atoms with Crippen LogP contribution in [0.5, 0.6) is 5.75 Å². The Balaban J connectivity index is 1.44. The lowest BCUT2D eigenvalue weighted by molar-refractivity contribution is 0.0742. The molecule has 2 unspecified atom stereocenters. The number of likely N-dealkylation sites (tertiary alicyclic amines) is 1. The van der Waals surface area contributed by atoms with E-state index in [2.05, 4.69) is 42.0 Å². The number of aliphatic hydroxyl groups excluding tert-OH is 1. The zero-order chi connectivity index (χ0) is 17.6. The van der Waals surface area contributed by atoms with E-state index in [1.165, 1.54) is 11.8 Å². The minimum Gasteiger partial charge on any atom is -0.491 e. The fraction of sp³-hybridized carbons (Fsp3) is 0.524. The Hall–Kier alpha value is -1.62. The number of fused-ring (bicyclic) bond motifs is 1. The molecule has 1 saturated heterocycles. The van der Waals surface area contributed by atoms with Crippen LogP contribution in [-0.2, 0) is 0 Å². The molecule has 2 aromatic carbocycles. The second-order valence-electron chi connectivity index (χ2n) is 7.24. The first-order valence-corrected chi connectivity index (χ1v) is 9.34. The molecule has 1 heterocycles. The molecule has 0 saturated carbocycles. The predicted molar refractivity (Wildman–Crippen MR) is 103 cm³/mol. The van der Waals surface area contributed by atoms with E-state index in [1.807, 2.05) is 24.3 Å². The van der Waals surface area contributed by atoms with Gasteiger partial charge in [-0.1, -0.05) is 37.3 Å². The second kappa shape index (κ2) is 8.65. The number of ether oxygens (including phenoxy) is 1. The van der Waals surface area contributed by atoms with Crippen LogP contribution < -0.4 is 4.74 Å². The van der Waals surface area contributed by atoms with Gasteiger partial charge in [-0.2, -0.15) is 0 Å². The molecule has 4 nitrogen and oxygen atoms in total. The van der Waals surface area contributed by atoms with Gasteiger partial charge in [0, 0.05) is 19.6 Å². The molecule has 1 N–H and O–H groups in total. The number of aliphatic hydroxyl groups is 1. The van der Waals surface area contributed by atoms with Crippen molar-refractivity contribution >= 4 is 10.8 Å². The zero-order valence-corrected chi connectivity index (χ0v) is 15.4. The number of hydrogen-bond acceptors (Lipinski definition) is 4. The molecule has 2 aromatic rings. The summed E-state index contributed by atoms with van der Waals surface area (Å²) in [5.74, 6) is 1.54. The molecular weight excluding hydrogens is 312 g/mol. The van der Waals surface area contributed by atoms with Gasteiger partial charge in [0.2, 0.25) is 0 Å². The molecule has 0 amide bonds. The van der Waals surface area contributed by atoms with Crippen molar-refractivity contribution < 1.29 is 9.84 Å². The fourth-order valence-electron chi connectivity index (χ4n) is 3.60. The van der Waals surface area contributed by atoms with Crippen molar-refractivity contribution in [3.63, 3.8) is 0 Å². The number of β-amino-alcohol motifs (C(OH)–C–C–N with tert-alkyl or cyclic N) is 1. The van der Waals surface area contributed by atoms with Crippen LogP contribution in [0.15, 0.2) is 42.5 Å². The van der Waals surface area contributed by atoms with E-state index in [4.69, 9.17) is 4.74 Å². The third-order valence-corrected chi connectivity index (χ3v) is 5.11. The summed E-state index contributed by atoms with van der Waals surface area (Å²) in [6.45, 7) is 7.64. The van der Waals surface area contributed by atoms with Crippen LogP contribution in [0.25, 0.3) is 10.8 Å². The van der Waals surface area contributed by atoms with E-state index in [0.717, 1.165) is 43.2 Å². The molecule has 0 spiro atoms. The summed E-state index contributed by atoms with van der Waals surface area (Å²) in [5, 5.41) is 12.7. The molecule has 2 atom stereocenters. The van der Waals surface area contributed by atoms with E-state index < -0.39 is 6.10 Å². The summed E-state index contributed by atoms with van der Waals surface area (Å²) in [6.07, 6.45) is 0.775. The molecule has 0 radical (unpaired) electrons. The van der Waals surface area contributed by atoms with Gasteiger partial charge in [0.15, 0.2) is 0 Å². The van der Waals surface area contributed by atoms with Gasteiger partial charge in [0.05, 0.1) is 0 Å². The highest BCUT2D eigenvalue weighted by Crippen LogP contribution is 2.21. The van der Waals surface area contributed by atoms with Crippen molar-refractivity contribution in [2.45, 2.75) is 19.4 Å². The maximum atomic E-state index is 10.3. The van der Waals surface area contributed by atoms with Crippen LogP contribution >= 0.6 is 0 Å². The van der Waals surface area contributed by atoms with Crippen LogP contribution in [-0.4, -0.2) is 67.4 Å². The highest BCUT2D eigenvalue weighted by Gasteiger charge is 2.24. The summed E-state index contributed by atoms with van der Waals surface area (Å²) >= 11 is 0. The molecule has 1 aliphatic heterocycles. The van der Waals surface area contributed by atoms with E-state index in [0.29, 0.717) is 13.2 Å². The zero-order valence-electron chi connectivity index (χ0n) is 15.4. The van der Waals surface area contributed by atoms with Crippen molar-refractivity contribution in [2.24, 2.45) is 5.92 Å². The second-order valence-corrected chi connectivity index (χ2v) is 7.24. The molecule has 1 aliphatic rings. The number of nitrogens with zero attached hydrogens (tertiary/aromatic N) is 2. The first kappa shape index (κ1) is 18.2. The monoisotopic (exact) mass is 342 g/mol.